The number of carbonyl (C=O) groups is 1. The van der Waals surface area contributed by atoms with E-state index in [9.17, 15) is 22.0 Å². The number of rotatable bonds is 3. The van der Waals surface area contributed by atoms with E-state index in [1.807, 2.05) is 0 Å². The topological polar surface area (TPSA) is 74.7 Å². The molecule has 0 bridgehead atoms. The largest absolute Gasteiger partial charge is 0.480 e. The quantitative estimate of drug-likeness (QED) is 0.776. The fraction of sp³-hybridized carbons (Fsp3) is 0.833. The smallest absolute Gasteiger partial charge is 0.350 e. The van der Waals surface area contributed by atoms with E-state index < -0.39 is 27.8 Å². The van der Waals surface area contributed by atoms with Gasteiger partial charge in [0.2, 0.25) is 0 Å². The molecule has 1 aliphatic rings. The fourth-order valence-corrected chi connectivity index (χ4v) is 3.51. The number of hydrogen-bond acceptors (Lipinski definition) is 4. The third-order valence-electron chi connectivity index (χ3n) is 1.92. The lowest BCUT2D eigenvalue weighted by atomic mass is 10.3. The summed E-state index contributed by atoms with van der Waals surface area (Å²) in [5, 5.41) is 8.69. The summed E-state index contributed by atoms with van der Waals surface area (Å²) < 4.78 is 47.0. The van der Waals surface area contributed by atoms with E-state index in [2.05, 4.69) is 0 Å². The molecule has 5 nitrogen and oxygen atoms in total. The lowest BCUT2D eigenvalue weighted by Crippen LogP contribution is -2.51. The molecule has 1 saturated heterocycles. The third-order valence-corrected chi connectivity index (χ3v) is 4.48. The predicted molar refractivity (Wildman–Crippen MR) is 50.4 cm³/mol. The number of nitrogens with zero attached hydrogens (tertiary/aromatic N) is 1. The van der Waals surface area contributed by atoms with E-state index in [4.69, 9.17) is 5.11 Å². The minimum atomic E-state index is -4.79. The number of sulfonamides is 1. The van der Waals surface area contributed by atoms with Crippen LogP contribution in [0.25, 0.3) is 0 Å². The van der Waals surface area contributed by atoms with Crippen LogP contribution in [0.4, 0.5) is 8.78 Å². The van der Waals surface area contributed by atoms with Crippen LogP contribution in [0.2, 0.25) is 0 Å². The Morgan fingerprint density at radius 3 is 2.60 bits per heavy atom. The molecule has 0 spiro atoms. The van der Waals surface area contributed by atoms with Gasteiger partial charge in [-0.05, 0) is 0 Å². The average Bonchev–Trinajstić information content (AvgIpc) is 2.17. The standard InChI is InChI=1S/C6H9F2NO4S2/c7-6(8)15(12,13)9-1-2-14-3-4(9)5(10)11/h4,6H,1-3H2,(H,10,11). The second kappa shape index (κ2) is 4.62. The molecule has 0 aromatic rings. The molecule has 0 radical (unpaired) electrons. The molecule has 1 aliphatic heterocycles. The highest BCUT2D eigenvalue weighted by molar-refractivity contribution is 7.99. The van der Waals surface area contributed by atoms with Crippen LogP contribution >= 0.6 is 11.8 Å². The Hall–Kier alpha value is -0.410. The van der Waals surface area contributed by atoms with E-state index in [1.165, 1.54) is 11.8 Å². The number of halogens is 2. The third kappa shape index (κ3) is 2.58. The number of hydrogen-bond donors (Lipinski definition) is 1. The average molecular weight is 261 g/mol. The molecular weight excluding hydrogens is 252 g/mol. The summed E-state index contributed by atoms with van der Waals surface area (Å²) in [7, 11) is -4.79. The summed E-state index contributed by atoms with van der Waals surface area (Å²) in [5.74, 6) is -4.63. The molecule has 0 amide bonds. The zero-order chi connectivity index (χ0) is 11.6. The zero-order valence-corrected chi connectivity index (χ0v) is 9.10. The molecule has 0 aromatic heterocycles. The summed E-state index contributed by atoms with van der Waals surface area (Å²) >= 11 is 1.23. The van der Waals surface area contributed by atoms with Crippen molar-refractivity contribution in [2.24, 2.45) is 0 Å². The van der Waals surface area contributed by atoms with E-state index in [1.54, 1.807) is 0 Å². The summed E-state index contributed by atoms with van der Waals surface area (Å²) in [6.07, 6.45) is 0. The molecule has 0 aromatic carbocycles. The zero-order valence-electron chi connectivity index (χ0n) is 7.47. The van der Waals surface area contributed by atoms with Gasteiger partial charge in [0.1, 0.15) is 6.04 Å². The first-order chi connectivity index (χ1) is 6.87. The van der Waals surface area contributed by atoms with E-state index in [0.717, 1.165) is 0 Å². The number of thioether (sulfide) groups is 1. The lowest BCUT2D eigenvalue weighted by molar-refractivity contribution is -0.140. The number of carboxylic acids is 1. The van der Waals surface area contributed by atoms with E-state index in [0.29, 0.717) is 10.1 Å². The van der Waals surface area contributed by atoms with Gasteiger partial charge in [0.05, 0.1) is 0 Å². The first-order valence-electron chi connectivity index (χ1n) is 3.96. The molecule has 15 heavy (non-hydrogen) atoms. The van der Waals surface area contributed by atoms with Crippen molar-refractivity contribution in [2.75, 3.05) is 18.1 Å². The monoisotopic (exact) mass is 261 g/mol. The van der Waals surface area contributed by atoms with Crippen molar-refractivity contribution in [1.82, 2.24) is 4.31 Å². The first kappa shape index (κ1) is 12.7. The second-order valence-electron chi connectivity index (χ2n) is 2.85. The van der Waals surface area contributed by atoms with Crippen LogP contribution < -0.4 is 0 Å². The van der Waals surface area contributed by atoms with Crippen molar-refractivity contribution in [3.05, 3.63) is 0 Å². The van der Waals surface area contributed by atoms with Crippen LogP contribution in [0.15, 0.2) is 0 Å². The molecule has 9 heteroatoms. The molecular formula is C6H9F2NO4S2. The lowest BCUT2D eigenvalue weighted by Gasteiger charge is -2.30. The van der Waals surface area contributed by atoms with Crippen LogP contribution in [0.3, 0.4) is 0 Å². The van der Waals surface area contributed by atoms with Crippen molar-refractivity contribution < 1.29 is 27.1 Å². The van der Waals surface area contributed by atoms with Crippen molar-refractivity contribution in [1.29, 1.82) is 0 Å². The minimum Gasteiger partial charge on any atom is -0.480 e. The van der Waals surface area contributed by atoms with Crippen molar-refractivity contribution in [3.8, 4) is 0 Å². The maximum Gasteiger partial charge on any atom is 0.350 e. The molecule has 1 heterocycles. The van der Waals surface area contributed by atoms with Gasteiger partial charge in [-0.2, -0.15) is 24.8 Å². The Labute approximate surface area is 89.5 Å². The van der Waals surface area contributed by atoms with Crippen LogP contribution in [0.5, 0.6) is 0 Å². The second-order valence-corrected chi connectivity index (χ2v) is 5.85. The Morgan fingerprint density at radius 2 is 2.13 bits per heavy atom. The normalized spacial score (nSPS) is 24.3. The van der Waals surface area contributed by atoms with E-state index in [-0.39, 0.29) is 12.3 Å². The first-order valence-corrected chi connectivity index (χ1v) is 6.62. The minimum absolute atomic E-state index is 0.00127. The van der Waals surface area contributed by atoms with Crippen LogP contribution in [0, 0.1) is 0 Å². The molecule has 1 atom stereocenters. The SMILES string of the molecule is O=C(O)C1CSCCN1S(=O)(=O)C(F)F. The van der Waals surface area contributed by atoms with Gasteiger partial charge in [-0.1, -0.05) is 0 Å². The maximum atomic E-state index is 12.2. The van der Waals surface area contributed by atoms with Crippen molar-refractivity contribution >= 4 is 27.8 Å². The van der Waals surface area contributed by atoms with Gasteiger partial charge in [0.15, 0.2) is 0 Å². The highest BCUT2D eigenvalue weighted by Gasteiger charge is 2.41. The highest BCUT2D eigenvalue weighted by atomic mass is 32.2. The molecule has 88 valence electrons. The number of carboxylic acid groups (broad SMARTS) is 1. The summed E-state index contributed by atoms with van der Waals surface area (Å²) in [4.78, 5) is 10.7. The summed E-state index contributed by atoms with van der Waals surface area (Å²) in [6.45, 7) is -0.186. The number of alkyl halides is 2. The molecule has 0 aliphatic carbocycles. The molecule has 1 fully saturated rings. The Kier molecular flexibility index (Phi) is 3.90. The Morgan fingerprint density at radius 1 is 1.53 bits per heavy atom. The fourth-order valence-electron chi connectivity index (χ4n) is 1.19. The Balaban J connectivity index is 2.95. The molecule has 1 unspecified atom stereocenters. The van der Waals surface area contributed by atoms with Gasteiger partial charge in [-0.15, -0.1) is 0 Å². The van der Waals surface area contributed by atoms with Crippen LogP contribution in [-0.2, 0) is 14.8 Å². The van der Waals surface area contributed by atoms with Gasteiger partial charge in [0.25, 0.3) is 10.0 Å². The number of aliphatic carboxylic acids is 1. The van der Waals surface area contributed by atoms with Gasteiger partial charge in [0, 0.05) is 18.1 Å². The molecule has 1 rings (SSSR count). The Bertz CT molecular complexity index is 345. The van der Waals surface area contributed by atoms with E-state index >= 15 is 0 Å². The van der Waals surface area contributed by atoms with Crippen molar-refractivity contribution in [3.63, 3.8) is 0 Å². The summed E-state index contributed by atoms with van der Waals surface area (Å²) in [6, 6.07) is -1.39. The van der Waals surface area contributed by atoms with Crippen LogP contribution in [-0.4, -0.2) is 53.6 Å². The summed E-state index contributed by atoms with van der Waals surface area (Å²) in [5.41, 5.74) is 0. The van der Waals surface area contributed by atoms with Gasteiger partial charge < -0.3 is 5.11 Å². The van der Waals surface area contributed by atoms with Gasteiger partial charge >= 0.3 is 11.7 Å². The highest BCUT2D eigenvalue weighted by Crippen LogP contribution is 2.23. The van der Waals surface area contributed by atoms with Gasteiger partial charge in [-0.3, -0.25) is 4.79 Å². The van der Waals surface area contributed by atoms with Crippen molar-refractivity contribution in [2.45, 2.75) is 11.8 Å². The molecule has 0 saturated carbocycles. The molecule has 1 N–H and O–H groups in total. The van der Waals surface area contributed by atoms with Crippen LogP contribution in [0.1, 0.15) is 0 Å². The maximum absolute atomic E-state index is 12.2. The van der Waals surface area contributed by atoms with Gasteiger partial charge in [-0.25, -0.2) is 8.42 Å². The predicted octanol–water partition coefficient (Wildman–Crippen LogP) is 0.0408.